The van der Waals surface area contributed by atoms with Crippen molar-refractivity contribution >= 4 is 5.97 Å². The molecule has 0 radical (unpaired) electrons. The first-order valence-electron chi connectivity index (χ1n) is 6.59. The van der Waals surface area contributed by atoms with Crippen LogP contribution in [-0.4, -0.2) is 48.3 Å². The first-order valence-corrected chi connectivity index (χ1v) is 6.59. The molecule has 1 heterocycles. The van der Waals surface area contributed by atoms with Gasteiger partial charge in [-0.15, -0.1) is 0 Å². The van der Waals surface area contributed by atoms with Gasteiger partial charge in [-0.05, 0) is 43.7 Å². The van der Waals surface area contributed by atoms with Crippen molar-refractivity contribution in [3.05, 3.63) is 29.8 Å². The molecular formula is C14H20N2O3. The Morgan fingerprint density at radius 3 is 2.74 bits per heavy atom. The molecule has 1 aromatic rings. The summed E-state index contributed by atoms with van der Waals surface area (Å²) in [6, 6.07) is 6.81. The lowest BCUT2D eigenvalue weighted by atomic mass is 10.2. The van der Waals surface area contributed by atoms with E-state index in [-0.39, 0.29) is 5.56 Å². The SMILES string of the molecule is N[C@H]1CCN(CCCOc2ccc(C(=O)O)cc2)C1. The number of nitrogens with zero attached hydrogens (tertiary/aromatic N) is 1. The van der Waals surface area contributed by atoms with Gasteiger partial charge in [0.15, 0.2) is 0 Å². The highest BCUT2D eigenvalue weighted by molar-refractivity contribution is 5.87. The van der Waals surface area contributed by atoms with Gasteiger partial charge < -0.3 is 20.5 Å². The maximum atomic E-state index is 10.7. The van der Waals surface area contributed by atoms with Crippen molar-refractivity contribution in [3.63, 3.8) is 0 Å². The molecule has 3 N–H and O–H groups in total. The second-order valence-electron chi connectivity index (χ2n) is 4.88. The molecule has 5 nitrogen and oxygen atoms in total. The summed E-state index contributed by atoms with van der Waals surface area (Å²) in [5, 5.41) is 8.78. The van der Waals surface area contributed by atoms with E-state index in [0.29, 0.717) is 18.4 Å². The van der Waals surface area contributed by atoms with Crippen LogP contribution in [0, 0.1) is 0 Å². The predicted octanol–water partition coefficient (Wildman–Crippen LogP) is 1.19. The Labute approximate surface area is 113 Å². The molecule has 0 bridgehead atoms. The number of carboxylic acid groups (broad SMARTS) is 1. The van der Waals surface area contributed by atoms with Crippen molar-refractivity contribution in [2.45, 2.75) is 18.9 Å². The molecule has 1 atom stereocenters. The van der Waals surface area contributed by atoms with E-state index in [0.717, 1.165) is 32.5 Å². The number of carboxylic acids is 1. The summed E-state index contributed by atoms with van der Waals surface area (Å²) in [6.07, 6.45) is 2.03. The normalized spacial score (nSPS) is 19.5. The summed E-state index contributed by atoms with van der Waals surface area (Å²) in [5.74, 6) is -0.208. The zero-order chi connectivity index (χ0) is 13.7. The molecule has 0 saturated carbocycles. The lowest BCUT2D eigenvalue weighted by molar-refractivity contribution is 0.0697. The average Bonchev–Trinajstić information content (AvgIpc) is 2.81. The van der Waals surface area contributed by atoms with Gasteiger partial charge in [0.05, 0.1) is 12.2 Å². The number of aromatic carboxylic acids is 1. The van der Waals surface area contributed by atoms with Crippen LogP contribution in [0.15, 0.2) is 24.3 Å². The highest BCUT2D eigenvalue weighted by Gasteiger charge is 2.17. The summed E-state index contributed by atoms with van der Waals surface area (Å²) in [7, 11) is 0. The second kappa shape index (κ2) is 6.54. The van der Waals surface area contributed by atoms with Gasteiger partial charge in [-0.1, -0.05) is 0 Å². The molecule has 1 aliphatic heterocycles. The molecule has 0 aliphatic carbocycles. The van der Waals surface area contributed by atoms with Gasteiger partial charge in [0.2, 0.25) is 0 Å². The van der Waals surface area contributed by atoms with Crippen LogP contribution in [-0.2, 0) is 0 Å². The van der Waals surface area contributed by atoms with Crippen LogP contribution in [0.1, 0.15) is 23.2 Å². The van der Waals surface area contributed by atoms with Crippen molar-refractivity contribution < 1.29 is 14.6 Å². The standard InChI is InChI=1S/C14H20N2O3/c15-12-6-8-16(10-12)7-1-9-19-13-4-2-11(3-5-13)14(17)18/h2-5,12H,1,6-10,15H2,(H,17,18)/t12-/m0/s1. The summed E-state index contributed by atoms with van der Waals surface area (Å²) < 4.78 is 5.58. The highest BCUT2D eigenvalue weighted by Crippen LogP contribution is 2.13. The van der Waals surface area contributed by atoms with Crippen molar-refractivity contribution in [1.29, 1.82) is 0 Å². The minimum atomic E-state index is -0.920. The highest BCUT2D eigenvalue weighted by atomic mass is 16.5. The molecule has 1 saturated heterocycles. The maximum absolute atomic E-state index is 10.7. The molecule has 1 aliphatic rings. The first-order chi connectivity index (χ1) is 9.15. The molecule has 0 amide bonds. The van der Waals surface area contributed by atoms with Crippen molar-refractivity contribution in [1.82, 2.24) is 4.90 Å². The first kappa shape index (κ1) is 13.8. The summed E-state index contributed by atoms with van der Waals surface area (Å²) in [6.45, 7) is 3.70. The molecule has 5 heteroatoms. The summed E-state index contributed by atoms with van der Waals surface area (Å²) in [5.41, 5.74) is 6.11. The van der Waals surface area contributed by atoms with Gasteiger partial charge >= 0.3 is 5.97 Å². The summed E-state index contributed by atoms with van der Waals surface area (Å²) >= 11 is 0. The van der Waals surface area contributed by atoms with Gasteiger partial charge in [0.25, 0.3) is 0 Å². The Morgan fingerprint density at radius 2 is 2.16 bits per heavy atom. The van der Waals surface area contributed by atoms with E-state index in [1.54, 1.807) is 24.3 Å². The summed E-state index contributed by atoms with van der Waals surface area (Å²) in [4.78, 5) is 13.0. The lowest BCUT2D eigenvalue weighted by Crippen LogP contribution is -2.28. The largest absolute Gasteiger partial charge is 0.494 e. The number of ether oxygens (including phenoxy) is 1. The smallest absolute Gasteiger partial charge is 0.335 e. The van der Waals surface area contributed by atoms with Crippen molar-refractivity contribution in [2.75, 3.05) is 26.2 Å². The number of carbonyl (C=O) groups is 1. The molecule has 2 rings (SSSR count). The molecular weight excluding hydrogens is 244 g/mol. The van der Waals surface area contributed by atoms with E-state index < -0.39 is 5.97 Å². The number of likely N-dealkylation sites (tertiary alicyclic amines) is 1. The Hall–Kier alpha value is -1.59. The quantitative estimate of drug-likeness (QED) is 0.755. The maximum Gasteiger partial charge on any atom is 0.335 e. The monoisotopic (exact) mass is 264 g/mol. The number of hydrogen-bond donors (Lipinski definition) is 2. The zero-order valence-corrected chi connectivity index (χ0v) is 10.9. The van der Waals surface area contributed by atoms with E-state index in [1.807, 2.05) is 0 Å². The molecule has 1 fully saturated rings. The Balaban J connectivity index is 1.66. The van der Waals surface area contributed by atoms with Crippen LogP contribution >= 0.6 is 0 Å². The van der Waals surface area contributed by atoms with Gasteiger partial charge in [-0.25, -0.2) is 4.79 Å². The number of nitrogens with two attached hydrogens (primary N) is 1. The van der Waals surface area contributed by atoms with Gasteiger partial charge in [-0.2, -0.15) is 0 Å². The van der Waals surface area contributed by atoms with E-state index in [4.69, 9.17) is 15.6 Å². The average molecular weight is 264 g/mol. The van der Waals surface area contributed by atoms with Crippen molar-refractivity contribution in [3.8, 4) is 5.75 Å². The number of benzene rings is 1. The Morgan fingerprint density at radius 1 is 1.42 bits per heavy atom. The number of rotatable bonds is 6. The van der Waals surface area contributed by atoms with Crippen LogP contribution in [0.25, 0.3) is 0 Å². The topological polar surface area (TPSA) is 75.8 Å². The van der Waals surface area contributed by atoms with Crippen molar-refractivity contribution in [2.24, 2.45) is 5.73 Å². The predicted molar refractivity (Wildman–Crippen MR) is 72.5 cm³/mol. The van der Waals surface area contributed by atoms with Gasteiger partial charge in [0.1, 0.15) is 5.75 Å². The van der Waals surface area contributed by atoms with E-state index in [1.165, 1.54) is 0 Å². The van der Waals surface area contributed by atoms with Gasteiger partial charge in [0, 0.05) is 19.1 Å². The van der Waals surface area contributed by atoms with Crippen LogP contribution in [0.5, 0.6) is 5.75 Å². The fourth-order valence-corrected chi connectivity index (χ4v) is 2.24. The van der Waals surface area contributed by atoms with Crippen LogP contribution < -0.4 is 10.5 Å². The molecule has 19 heavy (non-hydrogen) atoms. The third kappa shape index (κ3) is 4.22. The van der Waals surface area contributed by atoms with Crippen LogP contribution in [0.4, 0.5) is 0 Å². The third-order valence-electron chi connectivity index (χ3n) is 3.30. The molecule has 0 unspecified atom stereocenters. The Bertz CT molecular complexity index is 419. The van der Waals surface area contributed by atoms with Crippen LogP contribution in [0.2, 0.25) is 0 Å². The Kier molecular flexibility index (Phi) is 4.76. The molecule has 0 spiro atoms. The molecule has 1 aromatic carbocycles. The minimum absolute atomic E-state index is 0.276. The fourth-order valence-electron chi connectivity index (χ4n) is 2.24. The fraction of sp³-hybridized carbons (Fsp3) is 0.500. The third-order valence-corrected chi connectivity index (χ3v) is 3.30. The lowest BCUT2D eigenvalue weighted by Gasteiger charge is -2.15. The van der Waals surface area contributed by atoms with E-state index >= 15 is 0 Å². The zero-order valence-electron chi connectivity index (χ0n) is 10.9. The van der Waals surface area contributed by atoms with E-state index in [9.17, 15) is 4.79 Å². The van der Waals surface area contributed by atoms with E-state index in [2.05, 4.69) is 4.90 Å². The van der Waals surface area contributed by atoms with Crippen LogP contribution in [0.3, 0.4) is 0 Å². The molecule has 104 valence electrons. The second-order valence-corrected chi connectivity index (χ2v) is 4.88. The number of hydrogen-bond acceptors (Lipinski definition) is 4. The van der Waals surface area contributed by atoms with Gasteiger partial charge in [-0.3, -0.25) is 0 Å². The molecule has 0 aromatic heterocycles. The minimum Gasteiger partial charge on any atom is -0.494 e.